The highest BCUT2D eigenvalue weighted by Crippen LogP contribution is 2.20. The van der Waals surface area contributed by atoms with Crippen LogP contribution in [0.1, 0.15) is 39.4 Å². The molecule has 0 fully saturated rings. The largest absolute Gasteiger partial charge is 0.316 e. The molecule has 2 unspecified atom stereocenters. The van der Waals surface area contributed by atoms with Gasteiger partial charge in [-0.05, 0) is 38.8 Å². The lowest BCUT2D eigenvalue weighted by molar-refractivity contribution is 0.331. The molecule has 1 heterocycles. The lowest BCUT2D eigenvalue weighted by Crippen LogP contribution is -2.29. The molecule has 0 amide bonds. The molecule has 0 aromatic carbocycles. The third-order valence-electron chi connectivity index (χ3n) is 3.12. The number of halogens is 1. The Morgan fingerprint density at radius 2 is 1.94 bits per heavy atom. The van der Waals surface area contributed by atoms with E-state index in [1.54, 1.807) is 0 Å². The molecule has 0 saturated carbocycles. The van der Waals surface area contributed by atoms with Gasteiger partial charge in [-0.1, -0.05) is 32.4 Å². The van der Waals surface area contributed by atoms with Gasteiger partial charge in [-0.15, -0.1) is 0 Å². The molecule has 1 rings (SSSR count). The highest BCUT2D eigenvalue weighted by atomic mass is 35.5. The smallest absolute Gasteiger partial charge is 0.0815 e. The first-order valence-corrected chi connectivity index (χ1v) is 6.71. The lowest BCUT2D eigenvalue weighted by Gasteiger charge is -2.21. The minimum Gasteiger partial charge on any atom is -0.316 e. The summed E-state index contributed by atoms with van der Waals surface area (Å²) in [4.78, 5) is 0. The summed E-state index contributed by atoms with van der Waals surface area (Å²) in [5.74, 6) is 1.23. The van der Waals surface area contributed by atoms with Gasteiger partial charge in [0.2, 0.25) is 0 Å². The number of hydrogen-bond donors (Lipinski definition) is 1. The van der Waals surface area contributed by atoms with Crippen molar-refractivity contribution in [3.63, 3.8) is 0 Å². The molecule has 98 valence electrons. The van der Waals surface area contributed by atoms with Crippen LogP contribution in [0.15, 0.2) is 6.20 Å². The van der Waals surface area contributed by atoms with Gasteiger partial charge in [0.05, 0.1) is 16.8 Å². The van der Waals surface area contributed by atoms with Crippen LogP contribution in [0.4, 0.5) is 0 Å². The van der Waals surface area contributed by atoms with Gasteiger partial charge in [-0.25, -0.2) is 0 Å². The molecule has 0 aliphatic heterocycles. The fraction of sp³-hybridized carbons (Fsp3) is 0.769. The van der Waals surface area contributed by atoms with E-state index in [9.17, 15) is 0 Å². The third kappa shape index (κ3) is 4.32. The SMILES string of the molecule is Cc1nn(C(C)C(C)CNCC(C)C)cc1Cl. The molecule has 1 aromatic rings. The van der Waals surface area contributed by atoms with E-state index in [0.717, 1.165) is 23.8 Å². The average Bonchev–Trinajstić information content (AvgIpc) is 2.57. The van der Waals surface area contributed by atoms with Gasteiger partial charge in [-0.2, -0.15) is 5.10 Å². The van der Waals surface area contributed by atoms with Crippen molar-refractivity contribution in [2.24, 2.45) is 11.8 Å². The highest BCUT2D eigenvalue weighted by molar-refractivity contribution is 6.31. The summed E-state index contributed by atoms with van der Waals surface area (Å²) in [7, 11) is 0. The maximum Gasteiger partial charge on any atom is 0.0815 e. The summed E-state index contributed by atoms with van der Waals surface area (Å²) in [5, 5.41) is 8.66. The van der Waals surface area contributed by atoms with Crippen molar-refractivity contribution in [3.05, 3.63) is 16.9 Å². The zero-order chi connectivity index (χ0) is 13.0. The van der Waals surface area contributed by atoms with Crippen LogP contribution in [0.5, 0.6) is 0 Å². The Balaban J connectivity index is 2.48. The van der Waals surface area contributed by atoms with Gasteiger partial charge in [-0.3, -0.25) is 4.68 Å². The molecular formula is C13H24ClN3. The first kappa shape index (κ1) is 14.5. The zero-order valence-electron chi connectivity index (χ0n) is 11.5. The zero-order valence-corrected chi connectivity index (χ0v) is 12.3. The minimum absolute atomic E-state index is 0.362. The van der Waals surface area contributed by atoms with E-state index in [0.29, 0.717) is 17.9 Å². The van der Waals surface area contributed by atoms with E-state index < -0.39 is 0 Å². The Labute approximate surface area is 110 Å². The Morgan fingerprint density at radius 3 is 2.41 bits per heavy atom. The molecule has 4 heteroatoms. The average molecular weight is 258 g/mol. The Hall–Kier alpha value is -0.540. The van der Waals surface area contributed by atoms with Gasteiger partial charge < -0.3 is 5.32 Å². The van der Waals surface area contributed by atoms with Crippen molar-refractivity contribution in [2.45, 2.75) is 40.7 Å². The van der Waals surface area contributed by atoms with Crippen LogP contribution in [0.25, 0.3) is 0 Å². The van der Waals surface area contributed by atoms with E-state index in [1.807, 2.05) is 17.8 Å². The van der Waals surface area contributed by atoms with E-state index >= 15 is 0 Å². The second-order valence-electron chi connectivity index (χ2n) is 5.31. The van der Waals surface area contributed by atoms with Gasteiger partial charge >= 0.3 is 0 Å². The molecule has 0 aliphatic carbocycles. The number of aryl methyl sites for hydroxylation is 1. The summed E-state index contributed by atoms with van der Waals surface area (Å²) in [6.45, 7) is 12.9. The molecule has 0 saturated heterocycles. The number of aromatic nitrogens is 2. The van der Waals surface area contributed by atoms with Gasteiger partial charge in [0, 0.05) is 6.20 Å². The predicted octanol–water partition coefficient (Wildman–Crippen LogP) is 3.29. The summed E-state index contributed by atoms with van der Waals surface area (Å²) in [6, 6.07) is 0.362. The number of rotatable bonds is 6. The van der Waals surface area contributed by atoms with Crippen molar-refractivity contribution in [1.29, 1.82) is 0 Å². The van der Waals surface area contributed by atoms with Crippen molar-refractivity contribution < 1.29 is 0 Å². The Kier molecular flexibility index (Phi) is 5.47. The normalized spacial score (nSPS) is 15.2. The molecule has 0 aliphatic rings. The Morgan fingerprint density at radius 1 is 1.29 bits per heavy atom. The minimum atomic E-state index is 0.362. The summed E-state index contributed by atoms with van der Waals surface area (Å²) >= 11 is 6.03. The molecule has 0 spiro atoms. The molecular weight excluding hydrogens is 234 g/mol. The van der Waals surface area contributed by atoms with Crippen LogP contribution >= 0.6 is 11.6 Å². The third-order valence-corrected chi connectivity index (χ3v) is 3.49. The second-order valence-corrected chi connectivity index (χ2v) is 5.72. The molecule has 0 radical (unpaired) electrons. The molecule has 2 atom stereocenters. The maximum absolute atomic E-state index is 6.03. The highest BCUT2D eigenvalue weighted by Gasteiger charge is 2.15. The van der Waals surface area contributed by atoms with Gasteiger partial charge in [0.1, 0.15) is 0 Å². The first-order valence-electron chi connectivity index (χ1n) is 6.33. The molecule has 1 N–H and O–H groups in total. The van der Waals surface area contributed by atoms with E-state index in [1.165, 1.54) is 0 Å². The number of hydrogen-bond acceptors (Lipinski definition) is 2. The maximum atomic E-state index is 6.03. The van der Waals surface area contributed by atoms with Crippen LogP contribution < -0.4 is 5.32 Å². The van der Waals surface area contributed by atoms with Crippen molar-refractivity contribution >= 4 is 11.6 Å². The first-order chi connectivity index (χ1) is 7.91. The van der Waals surface area contributed by atoms with Crippen LogP contribution in [0.2, 0.25) is 5.02 Å². The quantitative estimate of drug-likeness (QED) is 0.848. The van der Waals surface area contributed by atoms with E-state index in [-0.39, 0.29) is 0 Å². The lowest BCUT2D eigenvalue weighted by atomic mass is 10.0. The molecule has 3 nitrogen and oxygen atoms in total. The van der Waals surface area contributed by atoms with Crippen LogP contribution in [0, 0.1) is 18.8 Å². The van der Waals surface area contributed by atoms with Crippen molar-refractivity contribution in [3.8, 4) is 0 Å². The van der Waals surface area contributed by atoms with Crippen LogP contribution in [0.3, 0.4) is 0 Å². The summed E-state index contributed by atoms with van der Waals surface area (Å²) in [6.07, 6.45) is 1.92. The van der Waals surface area contributed by atoms with Crippen LogP contribution in [-0.2, 0) is 0 Å². The molecule has 17 heavy (non-hydrogen) atoms. The standard InChI is InChI=1S/C13H24ClN3/c1-9(2)6-15-7-10(3)12(5)17-8-13(14)11(4)16-17/h8-10,12,15H,6-7H2,1-5H3. The van der Waals surface area contributed by atoms with E-state index in [2.05, 4.69) is 38.1 Å². The predicted molar refractivity (Wildman–Crippen MR) is 73.6 cm³/mol. The molecule has 0 bridgehead atoms. The molecule has 1 aromatic heterocycles. The van der Waals surface area contributed by atoms with Crippen molar-refractivity contribution in [2.75, 3.05) is 13.1 Å². The summed E-state index contributed by atoms with van der Waals surface area (Å²) in [5.41, 5.74) is 0.904. The van der Waals surface area contributed by atoms with Crippen LogP contribution in [-0.4, -0.2) is 22.9 Å². The monoisotopic (exact) mass is 257 g/mol. The Bertz CT molecular complexity index is 327. The fourth-order valence-corrected chi connectivity index (χ4v) is 1.84. The van der Waals surface area contributed by atoms with E-state index in [4.69, 9.17) is 11.6 Å². The van der Waals surface area contributed by atoms with Gasteiger partial charge in [0.25, 0.3) is 0 Å². The number of nitrogens with zero attached hydrogens (tertiary/aromatic N) is 2. The number of nitrogens with one attached hydrogen (secondary N) is 1. The summed E-state index contributed by atoms with van der Waals surface area (Å²) < 4.78 is 1.97. The van der Waals surface area contributed by atoms with Crippen molar-refractivity contribution in [1.82, 2.24) is 15.1 Å². The second kappa shape index (κ2) is 6.41. The fourth-order valence-electron chi connectivity index (χ4n) is 1.70. The topological polar surface area (TPSA) is 29.9 Å². The van der Waals surface area contributed by atoms with Gasteiger partial charge in [0.15, 0.2) is 0 Å².